The molecule has 0 aliphatic carbocycles. The van der Waals surface area contributed by atoms with Gasteiger partial charge in [0.05, 0.1) is 0 Å². The summed E-state index contributed by atoms with van der Waals surface area (Å²) in [6.07, 6.45) is -4.07. The Morgan fingerprint density at radius 1 is 1.36 bits per heavy atom. The zero-order valence-electron chi connectivity index (χ0n) is 12.6. The van der Waals surface area contributed by atoms with Crippen molar-refractivity contribution in [1.82, 2.24) is 5.32 Å². The first-order chi connectivity index (χ1) is 10.0. The number of nitrogens with one attached hydrogen (secondary N) is 1. The third-order valence-electron chi connectivity index (χ3n) is 2.64. The van der Waals surface area contributed by atoms with Crippen LogP contribution in [0.5, 0.6) is 0 Å². The molecule has 1 amide bonds. The molecule has 124 valence electrons. The summed E-state index contributed by atoms with van der Waals surface area (Å²) in [7, 11) is 0. The molecule has 8 heteroatoms. The molecule has 0 spiro atoms. The van der Waals surface area contributed by atoms with E-state index in [1.807, 2.05) is 0 Å². The average Bonchev–Trinajstić information content (AvgIpc) is 2.32. The van der Waals surface area contributed by atoms with E-state index in [-0.39, 0.29) is 5.69 Å². The van der Waals surface area contributed by atoms with E-state index in [0.29, 0.717) is 6.07 Å². The van der Waals surface area contributed by atoms with Crippen LogP contribution >= 0.6 is 0 Å². The predicted octanol–water partition coefficient (Wildman–Crippen LogP) is 1.47. The second kappa shape index (κ2) is 6.89. The summed E-state index contributed by atoms with van der Waals surface area (Å²) in [5, 5.41) is 21.9. The number of hydrogen-bond acceptors (Lipinski definition) is 5. The number of ether oxygens (including phenoxy) is 1. The maximum Gasteiger partial charge on any atom is 0.407 e. The van der Waals surface area contributed by atoms with Crippen LogP contribution in [-0.2, 0) is 4.74 Å². The minimum absolute atomic E-state index is 0.332. The molecule has 22 heavy (non-hydrogen) atoms. The molecule has 0 aromatic heterocycles. The molecule has 0 bridgehead atoms. The van der Waals surface area contributed by atoms with E-state index in [0.717, 1.165) is 6.07 Å². The van der Waals surface area contributed by atoms with Crippen LogP contribution in [0, 0.1) is 11.6 Å². The van der Waals surface area contributed by atoms with E-state index in [9.17, 15) is 23.8 Å². The SMILES string of the molecule is CC(C)(C)OC(=O)NCC(O)C(O)c1c(N)cc(F)cc1F. The number of carbonyl (C=O) groups excluding carboxylic acids is 1. The van der Waals surface area contributed by atoms with Crippen LogP contribution in [-0.4, -0.2) is 34.6 Å². The summed E-state index contributed by atoms with van der Waals surface area (Å²) >= 11 is 0. The summed E-state index contributed by atoms with van der Waals surface area (Å²) in [5.41, 5.74) is 3.95. The number of hydrogen-bond donors (Lipinski definition) is 4. The molecule has 0 radical (unpaired) electrons. The molecular formula is C14H20F2N2O4. The van der Waals surface area contributed by atoms with Gasteiger partial charge in [-0.2, -0.15) is 0 Å². The fraction of sp³-hybridized carbons (Fsp3) is 0.500. The number of aliphatic hydroxyl groups is 2. The number of nitrogens with two attached hydrogens (primary N) is 1. The minimum atomic E-state index is -1.73. The van der Waals surface area contributed by atoms with Crippen LogP contribution in [0.1, 0.15) is 32.4 Å². The van der Waals surface area contributed by atoms with Crippen molar-refractivity contribution in [3.63, 3.8) is 0 Å². The van der Waals surface area contributed by atoms with Crippen molar-refractivity contribution < 1.29 is 28.5 Å². The molecule has 0 saturated heterocycles. The van der Waals surface area contributed by atoms with E-state index >= 15 is 0 Å². The molecule has 1 aromatic rings. The Balaban J connectivity index is 2.70. The monoisotopic (exact) mass is 318 g/mol. The lowest BCUT2D eigenvalue weighted by Gasteiger charge is -2.23. The molecule has 0 heterocycles. The normalized spacial score (nSPS) is 14.3. The highest BCUT2D eigenvalue weighted by Crippen LogP contribution is 2.27. The Morgan fingerprint density at radius 3 is 2.45 bits per heavy atom. The minimum Gasteiger partial charge on any atom is -0.444 e. The van der Waals surface area contributed by atoms with Gasteiger partial charge < -0.3 is 26.0 Å². The van der Waals surface area contributed by atoms with Gasteiger partial charge in [-0.3, -0.25) is 0 Å². The van der Waals surface area contributed by atoms with Crippen LogP contribution in [0.3, 0.4) is 0 Å². The molecule has 1 rings (SSSR count). The summed E-state index contributed by atoms with van der Waals surface area (Å²) in [4.78, 5) is 11.4. The van der Waals surface area contributed by atoms with Gasteiger partial charge in [0.25, 0.3) is 0 Å². The van der Waals surface area contributed by atoms with E-state index in [2.05, 4.69) is 5.32 Å². The largest absolute Gasteiger partial charge is 0.444 e. The third-order valence-corrected chi connectivity index (χ3v) is 2.64. The van der Waals surface area contributed by atoms with Gasteiger partial charge in [-0.15, -0.1) is 0 Å². The van der Waals surface area contributed by atoms with Crippen molar-refractivity contribution in [3.8, 4) is 0 Å². The average molecular weight is 318 g/mol. The zero-order chi connectivity index (χ0) is 17.1. The second-order valence-electron chi connectivity index (χ2n) is 5.79. The Bertz CT molecular complexity index is 523. The first-order valence-corrected chi connectivity index (χ1v) is 6.58. The van der Waals surface area contributed by atoms with Crippen LogP contribution in [0.4, 0.5) is 19.3 Å². The van der Waals surface area contributed by atoms with Gasteiger partial charge >= 0.3 is 6.09 Å². The van der Waals surface area contributed by atoms with Crippen molar-refractivity contribution in [1.29, 1.82) is 0 Å². The lowest BCUT2D eigenvalue weighted by atomic mass is 10.0. The number of rotatable bonds is 4. The molecule has 0 aliphatic rings. The summed E-state index contributed by atoms with van der Waals surface area (Å²) in [6, 6.07) is 1.37. The van der Waals surface area contributed by atoms with Gasteiger partial charge in [-0.25, -0.2) is 13.6 Å². The Kier molecular flexibility index (Phi) is 5.67. The lowest BCUT2D eigenvalue weighted by molar-refractivity contribution is 0.0116. The van der Waals surface area contributed by atoms with Gasteiger partial charge in [-0.05, 0) is 26.8 Å². The molecule has 0 fully saturated rings. The molecule has 2 atom stereocenters. The van der Waals surface area contributed by atoms with Crippen LogP contribution in [0.2, 0.25) is 0 Å². The highest BCUT2D eigenvalue weighted by atomic mass is 19.1. The summed E-state index contributed by atoms with van der Waals surface area (Å²) in [5.74, 6) is -1.98. The number of amides is 1. The first-order valence-electron chi connectivity index (χ1n) is 6.58. The maximum atomic E-state index is 13.6. The fourth-order valence-corrected chi connectivity index (χ4v) is 1.72. The molecular weight excluding hydrogens is 298 g/mol. The van der Waals surface area contributed by atoms with Crippen LogP contribution in [0.15, 0.2) is 12.1 Å². The van der Waals surface area contributed by atoms with Gasteiger partial charge in [0.2, 0.25) is 0 Å². The quantitative estimate of drug-likeness (QED) is 0.629. The number of anilines is 1. The van der Waals surface area contributed by atoms with Gasteiger partial charge in [0.15, 0.2) is 0 Å². The van der Waals surface area contributed by atoms with Crippen LogP contribution in [0.25, 0.3) is 0 Å². The third kappa shape index (κ3) is 5.12. The Morgan fingerprint density at radius 2 is 1.95 bits per heavy atom. The fourth-order valence-electron chi connectivity index (χ4n) is 1.72. The van der Waals surface area contributed by atoms with Crippen molar-refractivity contribution >= 4 is 11.8 Å². The summed E-state index contributed by atoms with van der Waals surface area (Å²) in [6.45, 7) is 4.58. The lowest BCUT2D eigenvalue weighted by Crippen LogP contribution is -2.39. The van der Waals surface area contributed by atoms with E-state index < -0.39 is 47.6 Å². The molecule has 6 nitrogen and oxygen atoms in total. The van der Waals surface area contributed by atoms with Crippen molar-refractivity contribution in [2.45, 2.75) is 38.6 Å². The molecule has 2 unspecified atom stereocenters. The number of carbonyl (C=O) groups is 1. The van der Waals surface area contributed by atoms with Crippen molar-refractivity contribution in [2.75, 3.05) is 12.3 Å². The smallest absolute Gasteiger partial charge is 0.407 e. The van der Waals surface area contributed by atoms with E-state index in [4.69, 9.17) is 10.5 Å². The van der Waals surface area contributed by atoms with Crippen molar-refractivity contribution in [3.05, 3.63) is 29.3 Å². The molecule has 1 aromatic carbocycles. The van der Waals surface area contributed by atoms with Crippen molar-refractivity contribution in [2.24, 2.45) is 0 Å². The topological polar surface area (TPSA) is 105 Å². The highest BCUT2D eigenvalue weighted by molar-refractivity contribution is 5.67. The van der Waals surface area contributed by atoms with Gasteiger partial charge in [0, 0.05) is 23.9 Å². The molecule has 5 N–H and O–H groups in total. The zero-order valence-corrected chi connectivity index (χ0v) is 12.6. The summed E-state index contributed by atoms with van der Waals surface area (Å²) < 4.78 is 31.5. The molecule has 0 saturated carbocycles. The van der Waals surface area contributed by atoms with Gasteiger partial charge in [-0.1, -0.05) is 0 Å². The van der Waals surface area contributed by atoms with Crippen LogP contribution < -0.4 is 11.1 Å². The number of aliphatic hydroxyl groups excluding tert-OH is 2. The van der Waals surface area contributed by atoms with E-state index in [1.54, 1.807) is 20.8 Å². The number of nitrogen functional groups attached to an aromatic ring is 1. The Hall–Kier alpha value is -1.93. The predicted molar refractivity (Wildman–Crippen MR) is 76.0 cm³/mol. The number of alkyl carbamates (subject to hydrolysis) is 1. The first kappa shape index (κ1) is 18.1. The maximum absolute atomic E-state index is 13.6. The highest BCUT2D eigenvalue weighted by Gasteiger charge is 2.26. The molecule has 0 aliphatic heterocycles. The Labute approximate surface area is 126 Å². The second-order valence-corrected chi connectivity index (χ2v) is 5.79. The standard InChI is InChI=1S/C14H20F2N2O4/c1-14(2,3)22-13(21)18-6-10(19)12(20)11-8(16)4-7(15)5-9(11)17/h4-5,10,12,19-20H,6,17H2,1-3H3,(H,18,21). The van der Waals surface area contributed by atoms with E-state index in [1.165, 1.54) is 0 Å². The number of halogens is 2. The van der Waals surface area contributed by atoms with Gasteiger partial charge in [0.1, 0.15) is 29.4 Å². The number of benzene rings is 1.